The number of ether oxygens (including phenoxy) is 11. The molecule has 10 atom stereocenters. The van der Waals surface area contributed by atoms with Crippen LogP contribution in [0.3, 0.4) is 0 Å². The highest BCUT2D eigenvalue weighted by atomic mass is 16.8. The Morgan fingerprint density at radius 2 is 0.985 bits per heavy atom. The predicted molar refractivity (Wildman–Crippen MR) is 244 cm³/mol. The predicted octanol–water partition coefficient (Wildman–Crippen LogP) is 8.02. The highest BCUT2D eigenvalue weighted by Crippen LogP contribution is 2.43. The summed E-state index contributed by atoms with van der Waals surface area (Å²) in [7, 11) is 1.37. The fourth-order valence-electron chi connectivity index (χ4n) is 9.15. The normalized spacial score (nSPS) is 27.6. The monoisotopic (exact) mass is 928 g/mol. The molecular weight excluding hydrogens is 873 g/mol. The van der Waals surface area contributed by atoms with Gasteiger partial charge in [-0.1, -0.05) is 122 Å². The molecule has 0 N–H and O–H groups in total. The second kappa shape index (κ2) is 22.5. The molecule has 3 aliphatic heterocycles. The van der Waals surface area contributed by atoms with E-state index >= 15 is 0 Å². The zero-order chi connectivity index (χ0) is 46.7. The lowest BCUT2D eigenvalue weighted by Crippen LogP contribution is -2.67. The summed E-state index contributed by atoms with van der Waals surface area (Å²) in [5, 5.41) is 0. The lowest BCUT2D eigenvalue weighted by molar-refractivity contribution is -0.405. The number of methoxy groups -OCH3 is 1. The van der Waals surface area contributed by atoms with E-state index in [0.29, 0.717) is 0 Å². The minimum absolute atomic E-state index is 0.188. The van der Waals surface area contributed by atoms with E-state index in [1.165, 1.54) is 7.11 Å². The summed E-state index contributed by atoms with van der Waals surface area (Å²) in [6, 6.07) is 44.6. The first kappa shape index (κ1) is 47.3. The molecule has 5 aromatic rings. The fourth-order valence-corrected chi connectivity index (χ4v) is 9.15. The Kier molecular flexibility index (Phi) is 15.7. The second-order valence-corrected chi connectivity index (χ2v) is 17.2. The molecule has 1 spiro atoms. The van der Waals surface area contributed by atoms with Crippen LogP contribution in [0.1, 0.15) is 74.3 Å². The van der Waals surface area contributed by atoms with Crippen LogP contribution in [0.2, 0.25) is 0 Å². The summed E-state index contributed by atoms with van der Waals surface area (Å²) in [6.07, 6.45) is -6.28. The van der Waals surface area contributed by atoms with Gasteiger partial charge in [-0.2, -0.15) is 0 Å². The molecule has 14 nitrogen and oxygen atoms in total. The first-order valence-electron chi connectivity index (χ1n) is 23.2. The van der Waals surface area contributed by atoms with Crippen LogP contribution < -0.4 is 0 Å². The van der Waals surface area contributed by atoms with Crippen molar-refractivity contribution in [2.75, 3.05) is 20.3 Å². The molecule has 0 unspecified atom stereocenters. The SMILES string of the molecule is CO[C@H]1O[C@H](CO[C@@H]2O[C@@H]3COC4(CCCCC4)O[C@H]3[C@H](OCc3ccccc3)[C@@H]2OCc2ccccc2)[C@@H](OC(=O)c2ccccc2)[C@H](OC(=O)c2ccccc2)[C@@H]1OC(=O)c1ccccc1. The van der Waals surface area contributed by atoms with Crippen molar-refractivity contribution in [2.24, 2.45) is 0 Å². The van der Waals surface area contributed by atoms with E-state index in [9.17, 15) is 14.4 Å². The fraction of sp³-hybridized carbons (Fsp3) is 0.389. The van der Waals surface area contributed by atoms with Gasteiger partial charge >= 0.3 is 17.9 Å². The maximum atomic E-state index is 14.1. The minimum Gasteiger partial charge on any atom is -0.452 e. The van der Waals surface area contributed by atoms with Gasteiger partial charge in [0.05, 0.1) is 43.1 Å². The van der Waals surface area contributed by atoms with Crippen molar-refractivity contribution in [3.8, 4) is 0 Å². The number of carbonyl (C=O) groups excluding carboxylic acids is 3. The zero-order valence-corrected chi connectivity index (χ0v) is 37.8. The lowest BCUT2D eigenvalue weighted by Gasteiger charge is -2.53. The standard InChI is InChI=1S/C54H56O14/c1-58-52-48(67-51(57)40-28-16-6-17-29-40)46(66-50(56)39-26-14-5-15-27-39)43(65-49(55)38-24-12-4-13-25-38)41(63-52)34-61-53-47(60-33-37-22-10-3-11-23-37)45(59-32-36-20-8-2-9-21-36)44-42(64-53)35-62-54(68-44)30-18-7-19-31-54/h2-6,8-17,20-29,41-48,52-53H,7,18-19,30-35H2,1H3/t41-,42-,43-,44-,45+,46+,47+,48+,52+,53-/m1/s1. The van der Waals surface area contributed by atoms with Crippen molar-refractivity contribution >= 4 is 17.9 Å². The van der Waals surface area contributed by atoms with E-state index in [-0.39, 0.29) is 43.1 Å². The quantitative estimate of drug-likeness (QED) is 0.0693. The van der Waals surface area contributed by atoms with Gasteiger partial charge < -0.3 is 52.1 Å². The maximum absolute atomic E-state index is 14.1. The Bertz CT molecular complexity index is 2370. The van der Waals surface area contributed by atoms with Gasteiger partial charge in [0.2, 0.25) is 0 Å². The number of rotatable bonds is 16. The van der Waals surface area contributed by atoms with Crippen LogP contribution in [0.15, 0.2) is 152 Å². The molecule has 3 saturated heterocycles. The lowest BCUT2D eigenvalue weighted by atomic mass is 9.90. The van der Waals surface area contributed by atoms with Crippen molar-refractivity contribution in [1.82, 2.24) is 0 Å². The molecule has 1 saturated carbocycles. The van der Waals surface area contributed by atoms with E-state index in [0.717, 1.165) is 43.2 Å². The van der Waals surface area contributed by atoms with E-state index < -0.39 is 85.1 Å². The summed E-state index contributed by atoms with van der Waals surface area (Å²) in [5.41, 5.74) is 2.52. The molecule has 14 heteroatoms. The van der Waals surface area contributed by atoms with Gasteiger partial charge in [-0.25, -0.2) is 14.4 Å². The van der Waals surface area contributed by atoms with Crippen LogP contribution in [0, 0.1) is 0 Å². The Morgan fingerprint density at radius 1 is 0.515 bits per heavy atom. The Hall–Kier alpha value is -5.81. The summed E-state index contributed by atoms with van der Waals surface area (Å²) < 4.78 is 71.6. The van der Waals surface area contributed by atoms with Crippen LogP contribution in [-0.2, 0) is 65.3 Å². The van der Waals surface area contributed by atoms with Crippen molar-refractivity contribution in [3.63, 3.8) is 0 Å². The summed E-state index contributed by atoms with van der Waals surface area (Å²) >= 11 is 0. The third-order valence-electron chi connectivity index (χ3n) is 12.6. The molecule has 0 amide bonds. The average Bonchev–Trinajstić information content (AvgIpc) is 3.39. The molecule has 0 bridgehead atoms. The smallest absolute Gasteiger partial charge is 0.338 e. The first-order chi connectivity index (χ1) is 33.4. The Balaban J connectivity index is 1.05. The van der Waals surface area contributed by atoms with E-state index in [1.54, 1.807) is 91.0 Å². The molecule has 1 aliphatic carbocycles. The largest absolute Gasteiger partial charge is 0.452 e. The molecule has 4 fully saturated rings. The van der Waals surface area contributed by atoms with Gasteiger partial charge in [-0.3, -0.25) is 0 Å². The zero-order valence-electron chi connectivity index (χ0n) is 37.8. The third-order valence-corrected chi connectivity index (χ3v) is 12.6. The molecular formula is C54H56O14. The van der Waals surface area contributed by atoms with E-state index in [4.69, 9.17) is 52.1 Å². The molecule has 4 aliphatic rings. The average molecular weight is 929 g/mol. The molecule has 5 aromatic carbocycles. The van der Waals surface area contributed by atoms with Gasteiger partial charge in [0, 0.05) is 20.0 Å². The molecule has 3 heterocycles. The highest BCUT2D eigenvalue weighted by Gasteiger charge is 2.57. The van der Waals surface area contributed by atoms with Crippen molar-refractivity contribution in [2.45, 2.75) is 113 Å². The number of hydrogen-bond acceptors (Lipinski definition) is 14. The number of fused-ring (bicyclic) bond motifs is 1. The van der Waals surface area contributed by atoms with Gasteiger partial charge in [0.15, 0.2) is 36.7 Å². The van der Waals surface area contributed by atoms with Crippen LogP contribution >= 0.6 is 0 Å². The number of esters is 3. The Labute approximate surface area is 395 Å². The molecule has 356 valence electrons. The van der Waals surface area contributed by atoms with Gasteiger partial charge in [-0.15, -0.1) is 0 Å². The van der Waals surface area contributed by atoms with Crippen molar-refractivity contribution in [3.05, 3.63) is 179 Å². The van der Waals surface area contributed by atoms with Gasteiger partial charge in [0.25, 0.3) is 0 Å². The maximum Gasteiger partial charge on any atom is 0.338 e. The molecule has 0 aromatic heterocycles. The summed E-state index contributed by atoms with van der Waals surface area (Å²) in [5.74, 6) is -3.04. The number of benzene rings is 5. The van der Waals surface area contributed by atoms with E-state index in [1.807, 2.05) is 60.7 Å². The first-order valence-corrected chi connectivity index (χ1v) is 23.2. The van der Waals surface area contributed by atoms with Gasteiger partial charge in [0.1, 0.15) is 30.5 Å². The molecule has 9 rings (SSSR count). The van der Waals surface area contributed by atoms with E-state index in [2.05, 4.69) is 0 Å². The van der Waals surface area contributed by atoms with Crippen LogP contribution in [-0.4, -0.2) is 105 Å². The summed E-state index contributed by atoms with van der Waals surface area (Å²) in [6.45, 7) is 0.333. The minimum atomic E-state index is -1.48. The highest BCUT2D eigenvalue weighted by molar-refractivity contribution is 5.91. The third kappa shape index (κ3) is 11.4. The van der Waals surface area contributed by atoms with Crippen LogP contribution in [0.4, 0.5) is 0 Å². The summed E-state index contributed by atoms with van der Waals surface area (Å²) in [4.78, 5) is 41.8. The number of carbonyl (C=O) groups is 3. The van der Waals surface area contributed by atoms with Crippen LogP contribution in [0.25, 0.3) is 0 Å². The van der Waals surface area contributed by atoms with Gasteiger partial charge in [-0.05, 0) is 60.4 Å². The Morgan fingerprint density at radius 3 is 1.50 bits per heavy atom. The molecule has 68 heavy (non-hydrogen) atoms. The topological polar surface area (TPSA) is 153 Å². The van der Waals surface area contributed by atoms with Crippen LogP contribution in [0.5, 0.6) is 0 Å². The molecule has 0 radical (unpaired) electrons. The second-order valence-electron chi connectivity index (χ2n) is 17.2. The van der Waals surface area contributed by atoms with Crippen molar-refractivity contribution < 1.29 is 66.5 Å². The number of hydrogen-bond donors (Lipinski definition) is 0. The van der Waals surface area contributed by atoms with Crippen molar-refractivity contribution in [1.29, 1.82) is 0 Å².